The number of nitrogens with one attached hydrogen (secondary N) is 1. The van der Waals surface area contributed by atoms with Crippen LogP contribution < -0.4 is 10.1 Å². The second-order valence-electron chi connectivity index (χ2n) is 4.81. The van der Waals surface area contributed by atoms with E-state index in [1.165, 1.54) is 11.3 Å². The standard InChI is InChI=1S/C15H18N2O3S/c1-10(2)20-14-11(4-3-7-17-14)8-16-9-12-5-6-13(21-12)15(18)19/h3-7,10,16H,8-9H2,1-2H3,(H,18,19). The lowest BCUT2D eigenvalue weighted by atomic mass is 10.2. The fourth-order valence-electron chi connectivity index (χ4n) is 1.80. The van der Waals surface area contributed by atoms with E-state index in [1.807, 2.05) is 32.0 Å². The summed E-state index contributed by atoms with van der Waals surface area (Å²) in [6.07, 6.45) is 1.79. The zero-order chi connectivity index (χ0) is 15.2. The minimum atomic E-state index is -0.883. The van der Waals surface area contributed by atoms with Crippen molar-refractivity contribution in [1.82, 2.24) is 10.3 Å². The Balaban J connectivity index is 1.92. The van der Waals surface area contributed by atoms with Crippen LogP contribution in [0, 0.1) is 0 Å². The summed E-state index contributed by atoms with van der Waals surface area (Å²) in [7, 11) is 0. The Labute approximate surface area is 127 Å². The number of pyridine rings is 1. The molecule has 0 atom stereocenters. The van der Waals surface area contributed by atoms with E-state index in [0.717, 1.165) is 10.4 Å². The van der Waals surface area contributed by atoms with Gasteiger partial charge in [-0.3, -0.25) is 0 Å². The van der Waals surface area contributed by atoms with Crippen LogP contribution >= 0.6 is 11.3 Å². The third-order valence-corrected chi connectivity index (χ3v) is 3.76. The number of thiophene rings is 1. The van der Waals surface area contributed by atoms with Crippen LogP contribution in [0.15, 0.2) is 30.5 Å². The number of hydrogen-bond acceptors (Lipinski definition) is 5. The first-order chi connectivity index (χ1) is 10.1. The summed E-state index contributed by atoms with van der Waals surface area (Å²) in [6.45, 7) is 5.17. The molecule has 2 aromatic rings. The molecule has 0 spiro atoms. The molecule has 2 aromatic heterocycles. The molecule has 0 amide bonds. The Kier molecular flexibility index (Phi) is 5.30. The monoisotopic (exact) mass is 306 g/mol. The number of rotatable bonds is 7. The predicted octanol–water partition coefficient (Wildman–Crippen LogP) is 2.92. The van der Waals surface area contributed by atoms with Gasteiger partial charge < -0.3 is 15.2 Å². The summed E-state index contributed by atoms with van der Waals surface area (Å²) in [5.74, 6) is -0.247. The summed E-state index contributed by atoms with van der Waals surface area (Å²) < 4.78 is 5.66. The molecule has 2 N–H and O–H groups in total. The van der Waals surface area contributed by atoms with Gasteiger partial charge in [0.1, 0.15) is 4.88 Å². The average molecular weight is 306 g/mol. The summed E-state index contributed by atoms with van der Waals surface area (Å²) >= 11 is 1.28. The maximum atomic E-state index is 10.8. The van der Waals surface area contributed by atoms with E-state index in [9.17, 15) is 4.79 Å². The van der Waals surface area contributed by atoms with E-state index >= 15 is 0 Å². The quantitative estimate of drug-likeness (QED) is 0.823. The number of nitrogens with zero attached hydrogens (tertiary/aromatic N) is 1. The molecule has 21 heavy (non-hydrogen) atoms. The van der Waals surface area contributed by atoms with Crippen LogP contribution in [0.1, 0.15) is 34.0 Å². The Bertz CT molecular complexity index is 610. The highest BCUT2D eigenvalue weighted by Crippen LogP contribution is 2.18. The van der Waals surface area contributed by atoms with Crippen molar-refractivity contribution in [2.24, 2.45) is 0 Å². The van der Waals surface area contributed by atoms with E-state index in [2.05, 4.69) is 10.3 Å². The van der Waals surface area contributed by atoms with Crippen molar-refractivity contribution in [2.45, 2.75) is 33.0 Å². The van der Waals surface area contributed by atoms with Gasteiger partial charge in [0.15, 0.2) is 0 Å². The first-order valence-electron chi connectivity index (χ1n) is 6.69. The summed E-state index contributed by atoms with van der Waals surface area (Å²) in [5, 5.41) is 12.2. The number of hydrogen-bond donors (Lipinski definition) is 2. The third kappa shape index (κ3) is 4.54. The van der Waals surface area contributed by atoms with Gasteiger partial charge in [-0.2, -0.15) is 0 Å². The number of carboxylic acids is 1. The smallest absolute Gasteiger partial charge is 0.345 e. The zero-order valence-corrected chi connectivity index (χ0v) is 12.8. The number of aromatic carboxylic acids is 1. The Morgan fingerprint density at radius 3 is 2.86 bits per heavy atom. The zero-order valence-electron chi connectivity index (χ0n) is 12.0. The SMILES string of the molecule is CC(C)Oc1ncccc1CNCc1ccc(C(=O)O)s1. The number of carbonyl (C=O) groups is 1. The predicted molar refractivity (Wildman–Crippen MR) is 81.8 cm³/mol. The molecular weight excluding hydrogens is 288 g/mol. The van der Waals surface area contributed by atoms with Gasteiger partial charge in [-0.15, -0.1) is 11.3 Å². The minimum absolute atomic E-state index is 0.0778. The van der Waals surface area contributed by atoms with Gasteiger partial charge in [0.25, 0.3) is 0 Å². The molecule has 0 aliphatic heterocycles. The van der Waals surface area contributed by atoms with Crippen LogP contribution in [0.25, 0.3) is 0 Å². The topological polar surface area (TPSA) is 71.5 Å². The molecule has 2 rings (SSSR count). The van der Waals surface area contributed by atoms with Gasteiger partial charge >= 0.3 is 5.97 Å². The van der Waals surface area contributed by atoms with E-state index in [1.54, 1.807) is 12.3 Å². The molecule has 0 saturated carbocycles. The van der Waals surface area contributed by atoms with Crippen molar-refractivity contribution in [3.05, 3.63) is 45.8 Å². The van der Waals surface area contributed by atoms with Gasteiger partial charge in [-0.1, -0.05) is 6.07 Å². The summed E-state index contributed by atoms with van der Waals surface area (Å²) in [4.78, 5) is 16.4. The Morgan fingerprint density at radius 1 is 1.38 bits per heavy atom. The molecule has 0 radical (unpaired) electrons. The van der Waals surface area contributed by atoms with Gasteiger partial charge in [0, 0.05) is 29.7 Å². The maximum Gasteiger partial charge on any atom is 0.345 e. The van der Waals surface area contributed by atoms with Gasteiger partial charge in [0.2, 0.25) is 5.88 Å². The molecule has 0 bridgehead atoms. The minimum Gasteiger partial charge on any atom is -0.477 e. The Morgan fingerprint density at radius 2 is 2.19 bits per heavy atom. The van der Waals surface area contributed by atoms with Gasteiger partial charge in [-0.05, 0) is 32.0 Å². The lowest BCUT2D eigenvalue weighted by molar-refractivity contribution is 0.0702. The molecule has 2 heterocycles. The van der Waals surface area contributed by atoms with Crippen LogP contribution in [0.2, 0.25) is 0 Å². The van der Waals surface area contributed by atoms with Crippen molar-refractivity contribution in [3.63, 3.8) is 0 Å². The van der Waals surface area contributed by atoms with E-state index < -0.39 is 5.97 Å². The van der Waals surface area contributed by atoms with Crippen molar-refractivity contribution in [3.8, 4) is 5.88 Å². The van der Waals surface area contributed by atoms with Crippen molar-refractivity contribution >= 4 is 17.3 Å². The van der Waals surface area contributed by atoms with E-state index in [4.69, 9.17) is 9.84 Å². The second-order valence-corrected chi connectivity index (χ2v) is 5.98. The highest BCUT2D eigenvalue weighted by atomic mass is 32.1. The van der Waals surface area contributed by atoms with Gasteiger partial charge in [-0.25, -0.2) is 9.78 Å². The molecule has 0 aromatic carbocycles. The highest BCUT2D eigenvalue weighted by molar-refractivity contribution is 7.13. The van der Waals surface area contributed by atoms with Crippen LogP contribution in [0.3, 0.4) is 0 Å². The van der Waals surface area contributed by atoms with Crippen molar-refractivity contribution in [1.29, 1.82) is 0 Å². The number of carboxylic acid groups (broad SMARTS) is 1. The van der Waals surface area contributed by atoms with Crippen LogP contribution in [0.4, 0.5) is 0 Å². The van der Waals surface area contributed by atoms with Crippen LogP contribution in [0.5, 0.6) is 5.88 Å². The normalized spacial score (nSPS) is 10.8. The van der Waals surface area contributed by atoms with E-state index in [0.29, 0.717) is 23.8 Å². The Hall–Kier alpha value is -1.92. The number of aromatic nitrogens is 1. The molecule has 0 unspecified atom stereocenters. The molecule has 5 nitrogen and oxygen atoms in total. The van der Waals surface area contributed by atoms with Crippen molar-refractivity contribution < 1.29 is 14.6 Å². The average Bonchev–Trinajstić information content (AvgIpc) is 2.89. The lowest BCUT2D eigenvalue weighted by Gasteiger charge is -2.13. The molecule has 6 heteroatoms. The molecule has 112 valence electrons. The lowest BCUT2D eigenvalue weighted by Crippen LogP contribution is -2.15. The maximum absolute atomic E-state index is 10.8. The summed E-state index contributed by atoms with van der Waals surface area (Å²) in [6, 6.07) is 7.30. The largest absolute Gasteiger partial charge is 0.477 e. The third-order valence-electron chi connectivity index (χ3n) is 2.68. The first kappa shape index (κ1) is 15.5. The van der Waals surface area contributed by atoms with E-state index in [-0.39, 0.29) is 6.10 Å². The van der Waals surface area contributed by atoms with Crippen LogP contribution in [-0.2, 0) is 13.1 Å². The van der Waals surface area contributed by atoms with Crippen LogP contribution in [-0.4, -0.2) is 22.2 Å². The molecular formula is C15H18N2O3S. The molecule has 0 aliphatic carbocycles. The van der Waals surface area contributed by atoms with Gasteiger partial charge in [0.05, 0.1) is 6.10 Å². The fourth-order valence-corrected chi connectivity index (χ4v) is 2.61. The second kappa shape index (κ2) is 7.19. The highest BCUT2D eigenvalue weighted by Gasteiger charge is 2.08. The fraction of sp³-hybridized carbons (Fsp3) is 0.333. The molecule has 0 aliphatic rings. The number of ether oxygens (including phenoxy) is 1. The first-order valence-corrected chi connectivity index (χ1v) is 7.51. The summed E-state index contributed by atoms with van der Waals surface area (Å²) in [5.41, 5.74) is 0.987. The molecule has 0 saturated heterocycles. The van der Waals surface area contributed by atoms with Crippen molar-refractivity contribution in [2.75, 3.05) is 0 Å². The molecule has 0 fully saturated rings.